The van der Waals surface area contributed by atoms with Gasteiger partial charge in [0.25, 0.3) is 0 Å². The molecule has 1 unspecified atom stereocenters. The van der Waals surface area contributed by atoms with Crippen molar-refractivity contribution in [3.05, 3.63) is 54.1 Å². The fourth-order valence-electron chi connectivity index (χ4n) is 2.12. The van der Waals surface area contributed by atoms with Crippen molar-refractivity contribution in [1.29, 1.82) is 0 Å². The number of benzene rings is 2. The lowest BCUT2D eigenvalue weighted by atomic mass is 10.1. The Morgan fingerprint density at radius 1 is 1.04 bits per heavy atom. The summed E-state index contributed by atoms with van der Waals surface area (Å²) in [5.41, 5.74) is 0.205. The van der Waals surface area contributed by atoms with E-state index in [1.807, 2.05) is 6.92 Å². The molecule has 6 heteroatoms. The van der Waals surface area contributed by atoms with Gasteiger partial charge >= 0.3 is 6.18 Å². The van der Waals surface area contributed by atoms with E-state index in [9.17, 15) is 18.3 Å². The Kier molecular flexibility index (Phi) is 5.95. The fraction of sp³-hybridized carbons (Fsp3) is 0.333. The molecule has 0 radical (unpaired) electrons. The number of hydrogen-bond acceptors (Lipinski definition) is 3. The summed E-state index contributed by atoms with van der Waals surface area (Å²) in [7, 11) is 0. The molecule has 1 atom stereocenters. The largest absolute Gasteiger partial charge is 0.508 e. The average molecular weight is 339 g/mol. The van der Waals surface area contributed by atoms with Gasteiger partial charge in [0, 0.05) is 18.2 Å². The predicted octanol–water partition coefficient (Wildman–Crippen LogP) is 4.93. The van der Waals surface area contributed by atoms with Crippen LogP contribution in [0.2, 0.25) is 0 Å². The first-order valence-electron chi connectivity index (χ1n) is 7.71. The van der Waals surface area contributed by atoms with E-state index >= 15 is 0 Å². The van der Waals surface area contributed by atoms with Crippen molar-refractivity contribution < 1.29 is 23.0 Å². The molecule has 2 aromatic rings. The maximum atomic E-state index is 12.5. The first kappa shape index (κ1) is 18.0. The number of rotatable bonds is 7. The lowest BCUT2D eigenvalue weighted by Crippen LogP contribution is -2.20. The molecule has 0 saturated heterocycles. The Hall–Kier alpha value is -2.37. The van der Waals surface area contributed by atoms with Gasteiger partial charge in [-0.3, -0.25) is 0 Å². The van der Waals surface area contributed by atoms with Crippen molar-refractivity contribution in [3.63, 3.8) is 0 Å². The zero-order chi connectivity index (χ0) is 17.6. The molecular formula is C18H20F3NO2. The second-order valence-corrected chi connectivity index (χ2v) is 5.54. The smallest absolute Gasteiger partial charge is 0.416 e. The van der Waals surface area contributed by atoms with E-state index in [0.717, 1.165) is 24.2 Å². The summed E-state index contributed by atoms with van der Waals surface area (Å²) in [5, 5.41) is 12.5. The number of phenols is 1. The lowest BCUT2D eigenvalue weighted by Gasteiger charge is -2.18. The van der Waals surface area contributed by atoms with E-state index in [0.29, 0.717) is 18.9 Å². The van der Waals surface area contributed by atoms with Gasteiger partial charge in [-0.15, -0.1) is 0 Å². The molecule has 0 saturated carbocycles. The van der Waals surface area contributed by atoms with Crippen LogP contribution in [0.3, 0.4) is 0 Å². The van der Waals surface area contributed by atoms with Crippen molar-refractivity contribution >= 4 is 5.69 Å². The molecule has 0 aliphatic rings. The normalized spacial score (nSPS) is 12.7. The zero-order valence-corrected chi connectivity index (χ0v) is 13.3. The van der Waals surface area contributed by atoms with E-state index in [2.05, 4.69) is 5.32 Å². The van der Waals surface area contributed by atoms with Gasteiger partial charge in [0.05, 0.1) is 12.2 Å². The Morgan fingerprint density at radius 3 is 2.21 bits per heavy atom. The number of phenolic OH excluding ortho intramolecular Hbond substituents is 1. The topological polar surface area (TPSA) is 41.5 Å². The van der Waals surface area contributed by atoms with Gasteiger partial charge in [0.1, 0.15) is 11.5 Å². The van der Waals surface area contributed by atoms with Gasteiger partial charge in [-0.1, -0.05) is 6.92 Å². The molecule has 24 heavy (non-hydrogen) atoms. The monoisotopic (exact) mass is 339 g/mol. The number of alkyl halides is 3. The standard InChI is InChI=1S/C18H20F3NO2/c1-2-13(11-22-15-5-7-16(23)8-6-15)12-24-17-9-3-14(4-10-17)18(19,20)21/h3-10,13,22-23H,2,11-12H2,1H3. The summed E-state index contributed by atoms with van der Waals surface area (Å²) in [6, 6.07) is 11.5. The number of halogens is 3. The third kappa shape index (κ3) is 5.37. The maximum Gasteiger partial charge on any atom is 0.416 e. The first-order valence-corrected chi connectivity index (χ1v) is 7.71. The van der Waals surface area contributed by atoms with Crippen LogP contribution in [0.15, 0.2) is 48.5 Å². The minimum atomic E-state index is -4.33. The van der Waals surface area contributed by atoms with Crippen molar-refractivity contribution in [2.75, 3.05) is 18.5 Å². The van der Waals surface area contributed by atoms with Gasteiger partial charge in [0.2, 0.25) is 0 Å². The highest BCUT2D eigenvalue weighted by atomic mass is 19.4. The highest BCUT2D eigenvalue weighted by Gasteiger charge is 2.30. The molecule has 0 spiro atoms. The van der Waals surface area contributed by atoms with Crippen molar-refractivity contribution in [1.82, 2.24) is 0 Å². The van der Waals surface area contributed by atoms with Crippen LogP contribution >= 0.6 is 0 Å². The number of ether oxygens (including phenoxy) is 1. The molecule has 0 aromatic heterocycles. The quantitative estimate of drug-likeness (QED) is 0.703. The van der Waals surface area contributed by atoms with Crippen LogP contribution in [0.25, 0.3) is 0 Å². The number of anilines is 1. The number of nitrogens with one attached hydrogen (secondary N) is 1. The molecule has 0 aliphatic carbocycles. The third-order valence-electron chi connectivity index (χ3n) is 3.71. The summed E-state index contributed by atoms with van der Waals surface area (Å²) in [6.45, 7) is 3.11. The van der Waals surface area contributed by atoms with E-state index in [-0.39, 0.29) is 11.7 Å². The Bertz CT molecular complexity index is 624. The summed E-state index contributed by atoms with van der Waals surface area (Å²) in [4.78, 5) is 0. The van der Waals surface area contributed by atoms with Crippen molar-refractivity contribution in [3.8, 4) is 11.5 Å². The summed E-state index contributed by atoms with van der Waals surface area (Å²) >= 11 is 0. The molecule has 0 heterocycles. The molecule has 2 rings (SSSR count). The summed E-state index contributed by atoms with van der Waals surface area (Å²) in [5.74, 6) is 0.838. The Morgan fingerprint density at radius 2 is 1.67 bits per heavy atom. The molecule has 2 N–H and O–H groups in total. The van der Waals surface area contributed by atoms with Gasteiger partial charge < -0.3 is 15.2 Å². The minimum absolute atomic E-state index is 0.207. The summed E-state index contributed by atoms with van der Waals surface area (Å²) in [6.07, 6.45) is -3.47. The minimum Gasteiger partial charge on any atom is -0.508 e. The van der Waals surface area contributed by atoms with Crippen molar-refractivity contribution in [2.45, 2.75) is 19.5 Å². The van der Waals surface area contributed by atoms with Crippen LogP contribution in [0.5, 0.6) is 11.5 Å². The first-order chi connectivity index (χ1) is 11.4. The number of aromatic hydroxyl groups is 1. The van der Waals surface area contributed by atoms with Crippen LogP contribution in [0, 0.1) is 5.92 Å². The predicted molar refractivity (Wildman–Crippen MR) is 87.3 cm³/mol. The van der Waals surface area contributed by atoms with Crippen LogP contribution in [0.4, 0.5) is 18.9 Å². The second kappa shape index (κ2) is 7.95. The van der Waals surface area contributed by atoms with Gasteiger partial charge in [0.15, 0.2) is 0 Å². The van der Waals surface area contributed by atoms with E-state index in [1.165, 1.54) is 12.1 Å². The molecule has 0 fully saturated rings. The Labute approximate surface area is 139 Å². The van der Waals surface area contributed by atoms with Crippen LogP contribution in [-0.2, 0) is 6.18 Å². The maximum absolute atomic E-state index is 12.5. The Balaban J connectivity index is 1.83. The average Bonchev–Trinajstić information content (AvgIpc) is 2.56. The molecule has 0 aliphatic heterocycles. The SMILES string of the molecule is CCC(CNc1ccc(O)cc1)COc1ccc(C(F)(F)F)cc1. The zero-order valence-electron chi connectivity index (χ0n) is 13.3. The highest BCUT2D eigenvalue weighted by molar-refractivity contribution is 5.45. The van der Waals surface area contributed by atoms with E-state index in [4.69, 9.17) is 4.74 Å². The molecule has 2 aromatic carbocycles. The fourth-order valence-corrected chi connectivity index (χ4v) is 2.12. The van der Waals surface area contributed by atoms with Gasteiger partial charge in [-0.2, -0.15) is 13.2 Å². The number of hydrogen-bond donors (Lipinski definition) is 2. The molecule has 0 amide bonds. The van der Waals surface area contributed by atoms with E-state index in [1.54, 1.807) is 24.3 Å². The van der Waals surface area contributed by atoms with Crippen LogP contribution < -0.4 is 10.1 Å². The molecule has 3 nitrogen and oxygen atoms in total. The van der Waals surface area contributed by atoms with E-state index < -0.39 is 11.7 Å². The third-order valence-corrected chi connectivity index (χ3v) is 3.71. The van der Waals surface area contributed by atoms with Gasteiger partial charge in [-0.05, 0) is 55.0 Å². The molecular weight excluding hydrogens is 319 g/mol. The molecule has 0 bridgehead atoms. The second-order valence-electron chi connectivity index (χ2n) is 5.54. The van der Waals surface area contributed by atoms with Gasteiger partial charge in [-0.25, -0.2) is 0 Å². The van der Waals surface area contributed by atoms with Crippen molar-refractivity contribution in [2.24, 2.45) is 5.92 Å². The van der Waals surface area contributed by atoms with Crippen LogP contribution in [-0.4, -0.2) is 18.3 Å². The summed E-state index contributed by atoms with van der Waals surface area (Å²) < 4.78 is 43.1. The molecule has 130 valence electrons. The van der Waals surface area contributed by atoms with Crippen LogP contribution in [0.1, 0.15) is 18.9 Å². The highest BCUT2D eigenvalue weighted by Crippen LogP contribution is 2.30. The lowest BCUT2D eigenvalue weighted by molar-refractivity contribution is -0.137.